The van der Waals surface area contributed by atoms with Gasteiger partial charge in [0.25, 0.3) is 0 Å². The van der Waals surface area contributed by atoms with Crippen LogP contribution in [0.15, 0.2) is 22.7 Å². The first kappa shape index (κ1) is 10.5. The van der Waals surface area contributed by atoms with E-state index in [2.05, 4.69) is 15.9 Å². The van der Waals surface area contributed by atoms with E-state index in [-0.39, 0.29) is 0 Å². The number of ether oxygens (including phenoxy) is 1. The summed E-state index contributed by atoms with van der Waals surface area (Å²) in [5, 5.41) is 7.80. The second-order valence-electron chi connectivity index (χ2n) is 3.52. The van der Waals surface area contributed by atoms with Gasteiger partial charge in [0.2, 0.25) is 0 Å². The highest BCUT2D eigenvalue weighted by molar-refractivity contribution is 9.10. The van der Waals surface area contributed by atoms with Crippen molar-refractivity contribution in [3.05, 3.63) is 22.7 Å². The van der Waals surface area contributed by atoms with Crippen molar-refractivity contribution in [2.45, 2.75) is 12.8 Å². The maximum Gasteiger partial charge on any atom is 0.135 e. The molecule has 1 aromatic carbocycles. The summed E-state index contributed by atoms with van der Waals surface area (Å²) in [6, 6.07) is 5.93. The summed E-state index contributed by atoms with van der Waals surface area (Å²) >= 11 is 3.42. The van der Waals surface area contributed by atoms with Gasteiger partial charge in [0.15, 0.2) is 0 Å². The monoisotopic (exact) mass is 268 g/mol. The van der Waals surface area contributed by atoms with Crippen molar-refractivity contribution in [2.24, 2.45) is 0 Å². The molecule has 0 unspecified atom stereocenters. The lowest BCUT2D eigenvalue weighted by Crippen LogP contribution is -2.22. The SMILES string of the molecule is COc1cc(N2CCCC2=N)ccc1Br. The molecule has 0 bridgehead atoms. The molecular weight excluding hydrogens is 256 g/mol. The maximum absolute atomic E-state index is 7.80. The molecule has 1 fully saturated rings. The normalized spacial score (nSPS) is 15.9. The Labute approximate surface area is 97.7 Å². The number of hydrogen-bond donors (Lipinski definition) is 1. The number of nitrogens with zero attached hydrogens (tertiary/aromatic N) is 1. The highest BCUT2D eigenvalue weighted by Gasteiger charge is 2.19. The standard InChI is InChI=1S/C11H13BrN2O/c1-15-10-7-8(4-5-9(10)12)14-6-2-3-11(14)13/h4-5,7,13H,2-3,6H2,1H3. The van der Waals surface area contributed by atoms with E-state index in [0.717, 1.165) is 35.3 Å². The molecule has 15 heavy (non-hydrogen) atoms. The molecule has 0 saturated carbocycles. The third kappa shape index (κ3) is 2.00. The van der Waals surface area contributed by atoms with Gasteiger partial charge in [-0.15, -0.1) is 0 Å². The molecule has 4 heteroatoms. The lowest BCUT2D eigenvalue weighted by Gasteiger charge is -2.18. The van der Waals surface area contributed by atoms with Gasteiger partial charge in [-0.3, -0.25) is 5.41 Å². The molecule has 80 valence electrons. The summed E-state index contributed by atoms with van der Waals surface area (Å²) < 4.78 is 6.18. The average Bonchev–Trinajstić information content (AvgIpc) is 2.65. The van der Waals surface area contributed by atoms with E-state index in [9.17, 15) is 0 Å². The predicted octanol–water partition coefficient (Wildman–Crippen LogP) is 3.04. The summed E-state index contributed by atoms with van der Waals surface area (Å²) in [4.78, 5) is 2.02. The van der Waals surface area contributed by atoms with Crippen molar-refractivity contribution in [3.63, 3.8) is 0 Å². The van der Waals surface area contributed by atoms with Gasteiger partial charge in [-0.2, -0.15) is 0 Å². The highest BCUT2D eigenvalue weighted by Crippen LogP contribution is 2.31. The van der Waals surface area contributed by atoms with Gasteiger partial charge in [0, 0.05) is 24.7 Å². The lowest BCUT2D eigenvalue weighted by molar-refractivity contribution is 0.412. The van der Waals surface area contributed by atoms with Crippen molar-refractivity contribution < 1.29 is 4.74 Å². The Bertz CT molecular complexity index is 392. The quantitative estimate of drug-likeness (QED) is 0.895. The fourth-order valence-electron chi connectivity index (χ4n) is 1.78. The van der Waals surface area contributed by atoms with Crippen LogP contribution in [0.4, 0.5) is 5.69 Å². The largest absolute Gasteiger partial charge is 0.495 e. The van der Waals surface area contributed by atoms with Crippen LogP contribution in [0.3, 0.4) is 0 Å². The molecule has 0 aliphatic carbocycles. The number of halogens is 1. The number of anilines is 1. The number of nitrogens with one attached hydrogen (secondary N) is 1. The van der Waals surface area contributed by atoms with Crippen molar-refractivity contribution >= 4 is 27.5 Å². The van der Waals surface area contributed by atoms with Crippen molar-refractivity contribution in [1.82, 2.24) is 0 Å². The first-order valence-electron chi connectivity index (χ1n) is 4.91. The highest BCUT2D eigenvalue weighted by atomic mass is 79.9. The Morgan fingerprint density at radius 2 is 2.27 bits per heavy atom. The minimum atomic E-state index is 0.694. The van der Waals surface area contributed by atoms with Crippen LogP contribution in [0.2, 0.25) is 0 Å². The summed E-state index contributed by atoms with van der Waals surface area (Å²) in [6.45, 7) is 0.934. The van der Waals surface area contributed by atoms with E-state index >= 15 is 0 Å². The Hall–Kier alpha value is -1.03. The van der Waals surface area contributed by atoms with Crippen LogP contribution in [-0.4, -0.2) is 19.5 Å². The van der Waals surface area contributed by atoms with Crippen LogP contribution >= 0.6 is 15.9 Å². The van der Waals surface area contributed by atoms with Crippen LogP contribution in [0.1, 0.15) is 12.8 Å². The summed E-state index contributed by atoms with van der Waals surface area (Å²) in [5.41, 5.74) is 1.04. The van der Waals surface area contributed by atoms with Crippen LogP contribution in [0.5, 0.6) is 5.75 Å². The molecular formula is C11H13BrN2O. The lowest BCUT2D eigenvalue weighted by atomic mass is 10.3. The van der Waals surface area contributed by atoms with Crippen molar-refractivity contribution in [1.29, 1.82) is 5.41 Å². The van der Waals surface area contributed by atoms with Crippen LogP contribution in [0.25, 0.3) is 0 Å². The smallest absolute Gasteiger partial charge is 0.135 e. The van der Waals surface area contributed by atoms with Crippen LogP contribution in [-0.2, 0) is 0 Å². The molecule has 2 rings (SSSR count). The average molecular weight is 269 g/mol. The Balaban J connectivity index is 2.32. The van der Waals surface area contributed by atoms with Crippen LogP contribution in [0, 0.1) is 5.41 Å². The fourth-order valence-corrected chi connectivity index (χ4v) is 2.18. The number of amidine groups is 1. The zero-order valence-corrected chi connectivity index (χ0v) is 10.2. The summed E-state index contributed by atoms with van der Waals surface area (Å²) in [7, 11) is 1.65. The zero-order chi connectivity index (χ0) is 10.8. The molecule has 1 heterocycles. The minimum absolute atomic E-state index is 0.694. The van der Waals surface area contributed by atoms with E-state index in [1.165, 1.54) is 0 Å². The molecule has 0 aromatic heterocycles. The third-order valence-corrected chi connectivity index (χ3v) is 3.22. The number of hydrogen-bond acceptors (Lipinski definition) is 2. The second kappa shape index (κ2) is 4.23. The van der Waals surface area contributed by atoms with E-state index in [0.29, 0.717) is 5.84 Å². The number of rotatable bonds is 2. The molecule has 1 aromatic rings. The number of methoxy groups -OCH3 is 1. The maximum atomic E-state index is 7.80. The van der Waals surface area contributed by atoms with Gasteiger partial charge in [0.05, 0.1) is 11.6 Å². The van der Waals surface area contributed by atoms with Gasteiger partial charge in [-0.1, -0.05) is 0 Å². The zero-order valence-electron chi connectivity index (χ0n) is 8.59. The van der Waals surface area contributed by atoms with Gasteiger partial charge in [-0.05, 0) is 34.5 Å². The van der Waals surface area contributed by atoms with Gasteiger partial charge >= 0.3 is 0 Å². The van der Waals surface area contributed by atoms with Gasteiger partial charge in [0.1, 0.15) is 11.6 Å². The molecule has 0 amide bonds. The van der Waals surface area contributed by atoms with Gasteiger partial charge < -0.3 is 9.64 Å². The van der Waals surface area contributed by atoms with Crippen molar-refractivity contribution in [2.75, 3.05) is 18.6 Å². The second-order valence-corrected chi connectivity index (χ2v) is 4.38. The topological polar surface area (TPSA) is 36.3 Å². The minimum Gasteiger partial charge on any atom is -0.495 e. The first-order chi connectivity index (χ1) is 7.22. The summed E-state index contributed by atoms with van der Waals surface area (Å²) in [5.74, 6) is 1.51. The molecule has 1 aliphatic heterocycles. The molecule has 0 radical (unpaired) electrons. The van der Waals surface area contributed by atoms with Gasteiger partial charge in [-0.25, -0.2) is 0 Å². The van der Waals surface area contributed by atoms with E-state index in [1.807, 2.05) is 23.1 Å². The van der Waals surface area contributed by atoms with Crippen LogP contribution < -0.4 is 9.64 Å². The van der Waals surface area contributed by atoms with E-state index < -0.39 is 0 Å². The molecule has 0 atom stereocenters. The Morgan fingerprint density at radius 3 is 2.87 bits per heavy atom. The fraction of sp³-hybridized carbons (Fsp3) is 0.364. The number of benzene rings is 1. The third-order valence-electron chi connectivity index (χ3n) is 2.57. The summed E-state index contributed by atoms with van der Waals surface area (Å²) in [6.07, 6.45) is 1.94. The Kier molecular flexibility index (Phi) is 2.95. The molecule has 1 N–H and O–H groups in total. The van der Waals surface area contributed by atoms with E-state index in [1.54, 1.807) is 7.11 Å². The molecule has 3 nitrogen and oxygen atoms in total. The van der Waals surface area contributed by atoms with E-state index in [4.69, 9.17) is 10.1 Å². The predicted molar refractivity (Wildman–Crippen MR) is 65.0 cm³/mol. The molecule has 0 spiro atoms. The van der Waals surface area contributed by atoms with Crippen molar-refractivity contribution in [3.8, 4) is 5.75 Å². The molecule has 1 saturated heterocycles. The molecule has 1 aliphatic rings. The Morgan fingerprint density at radius 1 is 1.47 bits per heavy atom. The first-order valence-corrected chi connectivity index (χ1v) is 5.70.